The first kappa shape index (κ1) is 20.1. The number of fused-ring (bicyclic) bond motifs is 1. The molecule has 1 aromatic heterocycles. The van der Waals surface area contributed by atoms with Gasteiger partial charge in [0.2, 0.25) is 0 Å². The minimum absolute atomic E-state index is 0.0898. The van der Waals surface area contributed by atoms with Gasteiger partial charge in [-0.3, -0.25) is 4.79 Å². The second-order valence-corrected chi connectivity index (χ2v) is 7.66. The predicted molar refractivity (Wildman–Crippen MR) is 116 cm³/mol. The van der Waals surface area contributed by atoms with Crippen molar-refractivity contribution in [1.82, 2.24) is 14.9 Å². The molecule has 154 valence electrons. The molecule has 2 heterocycles. The van der Waals surface area contributed by atoms with Gasteiger partial charge >= 0.3 is 5.97 Å². The average molecular weight is 471 g/mol. The summed E-state index contributed by atoms with van der Waals surface area (Å²) in [5, 5.41) is 12.2. The second-order valence-electron chi connectivity index (χ2n) is 6.75. The van der Waals surface area contributed by atoms with E-state index in [-0.39, 0.29) is 36.9 Å². The van der Waals surface area contributed by atoms with E-state index in [0.29, 0.717) is 11.5 Å². The van der Waals surface area contributed by atoms with Crippen molar-refractivity contribution in [2.45, 2.75) is 0 Å². The number of hydrogen-bond acceptors (Lipinski definition) is 6. The molecule has 0 fully saturated rings. The molecular weight excluding hydrogens is 452 g/mol. The van der Waals surface area contributed by atoms with E-state index in [1.807, 2.05) is 36.4 Å². The number of anilines is 1. The van der Waals surface area contributed by atoms with E-state index in [1.165, 1.54) is 12.0 Å². The van der Waals surface area contributed by atoms with Gasteiger partial charge in [0.1, 0.15) is 11.5 Å². The van der Waals surface area contributed by atoms with E-state index < -0.39 is 5.97 Å². The van der Waals surface area contributed by atoms with E-state index in [9.17, 15) is 14.7 Å². The zero-order valence-corrected chi connectivity index (χ0v) is 17.7. The largest absolute Gasteiger partial charge is 0.466 e. The summed E-state index contributed by atoms with van der Waals surface area (Å²) in [7, 11) is 1.27. The lowest BCUT2D eigenvalue weighted by molar-refractivity contribution is -0.136. The lowest BCUT2D eigenvalue weighted by atomic mass is 10.1. The predicted octanol–water partition coefficient (Wildman–Crippen LogP) is 2.67. The molecule has 3 N–H and O–H groups in total. The number of aliphatic hydroxyl groups excluding tert-OH is 1. The molecule has 2 aromatic carbocycles. The third-order valence-electron chi connectivity index (χ3n) is 4.80. The van der Waals surface area contributed by atoms with Crippen LogP contribution in [0.5, 0.6) is 0 Å². The first-order valence-corrected chi connectivity index (χ1v) is 10.0. The van der Waals surface area contributed by atoms with Crippen molar-refractivity contribution < 1.29 is 19.4 Å². The summed E-state index contributed by atoms with van der Waals surface area (Å²) < 4.78 is 5.77. The minimum Gasteiger partial charge on any atom is -0.466 e. The summed E-state index contributed by atoms with van der Waals surface area (Å²) in [5.74, 6) is -0.248. The number of benzene rings is 2. The average Bonchev–Trinajstić information content (AvgIpc) is 3.30. The number of esters is 1. The number of hydrogen-bond donors (Lipinski definition) is 3. The van der Waals surface area contributed by atoms with Gasteiger partial charge in [0, 0.05) is 22.3 Å². The van der Waals surface area contributed by atoms with Gasteiger partial charge in [-0.2, -0.15) is 0 Å². The van der Waals surface area contributed by atoms with Crippen molar-refractivity contribution in [3.63, 3.8) is 0 Å². The van der Waals surface area contributed by atoms with Gasteiger partial charge in [0.25, 0.3) is 5.91 Å². The molecular formula is C21H19BrN4O4. The number of aromatic amines is 1. The molecule has 0 aliphatic carbocycles. The first-order chi connectivity index (χ1) is 14.5. The Labute approximate surface area is 180 Å². The molecule has 0 spiro atoms. The molecule has 0 saturated heterocycles. The van der Waals surface area contributed by atoms with Crippen LogP contribution in [0.25, 0.3) is 22.4 Å². The molecule has 9 heteroatoms. The van der Waals surface area contributed by atoms with Crippen molar-refractivity contribution in [2.75, 3.05) is 32.1 Å². The van der Waals surface area contributed by atoms with Crippen molar-refractivity contribution in [3.05, 3.63) is 58.2 Å². The SMILES string of the molecule is COC(=O)C1=C(Nc2cccc(-c3nc4ccc(Br)cc4[nH]3)c2)C(=O)N(CCO)C1. The zero-order chi connectivity index (χ0) is 21.3. The Balaban J connectivity index is 1.66. The fourth-order valence-electron chi connectivity index (χ4n) is 3.36. The molecule has 1 aliphatic heterocycles. The number of carbonyl (C=O) groups is 2. The summed E-state index contributed by atoms with van der Waals surface area (Å²) in [5.41, 5.74) is 3.58. The maximum absolute atomic E-state index is 12.7. The summed E-state index contributed by atoms with van der Waals surface area (Å²) in [6.45, 7) is 0.0385. The van der Waals surface area contributed by atoms with Crippen LogP contribution in [0.2, 0.25) is 0 Å². The molecule has 0 unspecified atom stereocenters. The van der Waals surface area contributed by atoms with E-state index >= 15 is 0 Å². The van der Waals surface area contributed by atoms with Gasteiger partial charge in [-0.1, -0.05) is 28.1 Å². The lowest BCUT2D eigenvalue weighted by Gasteiger charge is -2.15. The van der Waals surface area contributed by atoms with Gasteiger partial charge in [-0.15, -0.1) is 0 Å². The Hall–Kier alpha value is -3.17. The van der Waals surface area contributed by atoms with Crippen LogP contribution in [-0.4, -0.2) is 58.7 Å². The van der Waals surface area contributed by atoms with Gasteiger partial charge < -0.3 is 25.0 Å². The highest BCUT2D eigenvalue weighted by Gasteiger charge is 2.34. The van der Waals surface area contributed by atoms with Crippen LogP contribution in [0.4, 0.5) is 5.69 Å². The number of halogens is 1. The summed E-state index contributed by atoms with van der Waals surface area (Å²) >= 11 is 3.45. The first-order valence-electron chi connectivity index (χ1n) is 9.24. The molecule has 0 bridgehead atoms. The fourth-order valence-corrected chi connectivity index (χ4v) is 3.72. The molecule has 8 nitrogen and oxygen atoms in total. The lowest BCUT2D eigenvalue weighted by Crippen LogP contribution is -2.31. The topological polar surface area (TPSA) is 108 Å². The quantitative estimate of drug-likeness (QED) is 0.478. The number of methoxy groups -OCH3 is 1. The van der Waals surface area contributed by atoms with Crippen molar-refractivity contribution in [3.8, 4) is 11.4 Å². The van der Waals surface area contributed by atoms with Crippen LogP contribution < -0.4 is 5.32 Å². The number of aliphatic hydroxyl groups is 1. The van der Waals surface area contributed by atoms with E-state index in [1.54, 1.807) is 6.07 Å². The van der Waals surface area contributed by atoms with Gasteiger partial charge in [-0.05, 0) is 30.3 Å². The van der Waals surface area contributed by atoms with Crippen LogP contribution in [0.1, 0.15) is 0 Å². The number of carbonyl (C=O) groups excluding carboxylic acids is 2. The van der Waals surface area contributed by atoms with Crippen LogP contribution in [-0.2, 0) is 14.3 Å². The Morgan fingerprint density at radius 3 is 2.93 bits per heavy atom. The van der Waals surface area contributed by atoms with Crippen LogP contribution in [0.15, 0.2) is 58.2 Å². The number of amides is 1. The number of nitrogens with one attached hydrogen (secondary N) is 2. The van der Waals surface area contributed by atoms with Crippen LogP contribution >= 0.6 is 15.9 Å². The summed E-state index contributed by atoms with van der Waals surface area (Å²) in [4.78, 5) is 34.1. The van der Waals surface area contributed by atoms with Gasteiger partial charge in [0.15, 0.2) is 0 Å². The van der Waals surface area contributed by atoms with Crippen LogP contribution in [0.3, 0.4) is 0 Å². The molecule has 0 saturated carbocycles. The van der Waals surface area contributed by atoms with E-state index in [2.05, 4.69) is 31.2 Å². The third-order valence-corrected chi connectivity index (χ3v) is 5.30. The number of β-amino-alcohol motifs (C(OH)–C–C–N with tert-alkyl or cyclic N) is 1. The number of nitrogens with zero attached hydrogens (tertiary/aromatic N) is 2. The standard InChI is InChI=1S/C21H19BrN4O4/c1-30-21(29)15-11-26(7-8-27)20(28)18(15)23-14-4-2-3-12(9-14)19-24-16-6-5-13(22)10-17(16)25-19/h2-6,9-10,23,27H,7-8,11H2,1H3,(H,24,25). The van der Waals surface area contributed by atoms with E-state index in [0.717, 1.165) is 21.1 Å². The molecule has 1 amide bonds. The highest BCUT2D eigenvalue weighted by Crippen LogP contribution is 2.27. The number of imidazole rings is 1. The Morgan fingerprint density at radius 1 is 1.33 bits per heavy atom. The normalized spacial score (nSPS) is 14.0. The van der Waals surface area contributed by atoms with Crippen molar-refractivity contribution >= 4 is 44.5 Å². The molecule has 4 rings (SSSR count). The highest BCUT2D eigenvalue weighted by atomic mass is 79.9. The molecule has 0 radical (unpaired) electrons. The van der Waals surface area contributed by atoms with Gasteiger partial charge in [0.05, 0.1) is 36.9 Å². The third kappa shape index (κ3) is 3.81. The fraction of sp³-hybridized carbons (Fsp3) is 0.190. The number of rotatable bonds is 6. The molecule has 3 aromatic rings. The Kier molecular flexibility index (Phi) is 5.56. The van der Waals surface area contributed by atoms with Crippen molar-refractivity contribution in [1.29, 1.82) is 0 Å². The van der Waals surface area contributed by atoms with Crippen LogP contribution in [0, 0.1) is 0 Å². The highest BCUT2D eigenvalue weighted by molar-refractivity contribution is 9.10. The zero-order valence-electron chi connectivity index (χ0n) is 16.1. The minimum atomic E-state index is -0.578. The number of ether oxygens (including phenoxy) is 1. The smallest absolute Gasteiger partial charge is 0.337 e. The Morgan fingerprint density at radius 2 is 2.17 bits per heavy atom. The molecule has 0 atom stereocenters. The molecule has 1 aliphatic rings. The van der Waals surface area contributed by atoms with Gasteiger partial charge in [-0.25, -0.2) is 9.78 Å². The van der Waals surface area contributed by atoms with E-state index in [4.69, 9.17) is 4.74 Å². The summed E-state index contributed by atoms with van der Waals surface area (Å²) in [6.07, 6.45) is 0. The summed E-state index contributed by atoms with van der Waals surface area (Å²) in [6, 6.07) is 13.2. The number of H-pyrrole nitrogens is 1. The Bertz CT molecular complexity index is 1170. The maximum atomic E-state index is 12.7. The molecule has 30 heavy (non-hydrogen) atoms. The second kappa shape index (κ2) is 8.29. The number of aromatic nitrogens is 2. The van der Waals surface area contributed by atoms with Crippen molar-refractivity contribution in [2.24, 2.45) is 0 Å². The maximum Gasteiger partial charge on any atom is 0.337 e. The monoisotopic (exact) mass is 470 g/mol.